The molecule has 2 atom stereocenters. The molecule has 2 heterocycles. The van der Waals surface area contributed by atoms with Crippen LogP contribution in [0.3, 0.4) is 0 Å². The number of piperazine rings is 1. The molecule has 0 spiro atoms. The number of carbonyl (C=O) groups is 1. The first-order valence-electron chi connectivity index (χ1n) is 11.3. The van der Waals surface area contributed by atoms with Gasteiger partial charge in [0.05, 0.1) is 6.54 Å². The predicted octanol–water partition coefficient (Wildman–Crippen LogP) is 2.00. The minimum atomic E-state index is 0.303. The Labute approximate surface area is 175 Å². The number of hydrogen-bond acceptors (Lipinski definition) is 3. The van der Waals surface area contributed by atoms with Crippen molar-refractivity contribution in [3.63, 3.8) is 0 Å². The van der Waals surface area contributed by atoms with Gasteiger partial charge in [-0.3, -0.25) is 14.7 Å². The molecule has 6 heteroatoms. The Morgan fingerprint density at radius 2 is 1.76 bits per heavy atom. The molecule has 29 heavy (non-hydrogen) atoms. The number of rotatable bonds is 6. The summed E-state index contributed by atoms with van der Waals surface area (Å²) in [6.45, 7) is 10.1. The first-order chi connectivity index (χ1) is 14.2. The molecule has 0 radical (unpaired) electrons. The maximum Gasteiger partial charge on any atom is 0.236 e. The van der Waals surface area contributed by atoms with Crippen LogP contribution < -0.4 is 5.32 Å². The topological polar surface area (TPSA) is 51.2 Å². The van der Waals surface area contributed by atoms with Gasteiger partial charge in [-0.25, -0.2) is 0 Å². The zero-order chi connectivity index (χ0) is 20.1. The smallest absolute Gasteiger partial charge is 0.236 e. The number of hydrogen-bond donors (Lipinski definition) is 1. The number of likely N-dealkylation sites (tertiary alicyclic amines) is 1. The summed E-state index contributed by atoms with van der Waals surface area (Å²) in [6, 6.07) is 10.8. The lowest BCUT2D eigenvalue weighted by atomic mass is 10.1. The fourth-order valence-corrected chi connectivity index (χ4v) is 4.56. The Bertz CT molecular complexity index is 692. The molecular formula is C23H35N5O. The van der Waals surface area contributed by atoms with Crippen molar-refractivity contribution in [3.8, 4) is 0 Å². The van der Waals surface area contributed by atoms with Crippen molar-refractivity contribution in [2.45, 2.75) is 32.1 Å². The van der Waals surface area contributed by atoms with E-state index in [9.17, 15) is 4.79 Å². The molecule has 2 aliphatic heterocycles. The number of guanidine groups is 1. The summed E-state index contributed by atoms with van der Waals surface area (Å²) in [5.74, 6) is 2.69. The van der Waals surface area contributed by atoms with Crippen molar-refractivity contribution in [1.29, 1.82) is 0 Å². The second-order valence-corrected chi connectivity index (χ2v) is 8.56. The Morgan fingerprint density at radius 3 is 2.45 bits per heavy atom. The molecule has 3 fully saturated rings. The fourth-order valence-electron chi connectivity index (χ4n) is 4.56. The first-order valence-corrected chi connectivity index (χ1v) is 11.3. The van der Waals surface area contributed by atoms with Gasteiger partial charge in [0.1, 0.15) is 0 Å². The monoisotopic (exact) mass is 397 g/mol. The molecule has 3 aliphatic rings. The minimum absolute atomic E-state index is 0.303. The molecule has 4 rings (SSSR count). The van der Waals surface area contributed by atoms with E-state index >= 15 is 0 Å². The van der Waals surface area contributed by atoms with Gasteiger partial charge >= 0.3 is 0 Å². The van der Waals surface area contributed by atoms with Gasteiger partial charge < -0.3 is 15.1 Å². The highest BCUT2D eigenvalue weighted by Crippen LogP contribution is 2.47. The summed E-state index contributed by atoms with van der Waals surface area (Å²) in [4.78, 5) is 24.0. The van der Waals surface area contributed by atoms with E-state index in [1.54, 1.807) is 0 Å². The van der Waals surface area contributed by atoms with Crippen LogP contribution in [0.4, 0.5) is 0 Å². The van der Waals surface area contributed by atoms with Gasteiger partial charge in [0.15, 0.2) is 5.96 Å². The SMILES string of the molecule is CCNC(=NCC1CC1c1ccccc1)N1CCN(CC(=O)N2CCCC2)CC1. The molecule has 0 aromatic heterocycles. The molecule has 2 unspecified atom stereocenters. The molecule has 2 saturated heterocycles. The van der Waals surface area contributed by atoms with E-state index in [4.69, 9.17) is 4.99 Å². The lowest BCUT2D eigenvalue weighted by molar-refractivity contribution is -0.131. The molecule has 1 aromatic carbocycles. The van der Waals surface area contributed by atoms with Gasteiger partial charge in [-0.15, -0.1) is 0 Å². The zero-order valence-electron chi connectivity index (χ0n) is 17.7. The van der Waals surface area contributed by atoms with Crippen LogP contribution in [0.25, 0.3) is 0 Å². The van der Waals surface area contributed by atoms with Crippen molar-refractivity contribution in [1.82, 2.24) is 20.0 Å². The van der Waals surface area contributed by atoms with E-state index in [-0.39, 0.29) is 0 Å². The third-order valence-electron chi connectivity index (χ3n) is 6.45. The predicted molar refractivity (Wildman–Crippen MR) is 117 cm³/mol. The van der Waals surface area contributed by atoms with Crippen molar-refractivity contribution in [2.75, 3.05) is 58.9 Å². The highest BCUT2D eigenvalue weighted by atomic mass is 16.2. The average Bonchev–Trinajstić information content (AvgIpc) is 3.31. The molecule has 1 aromatic rings. The number of amides is 1. The van der Waals surface area contributed by atoms with Gasteiger partial charge in [0, 0.05) is 52.4 Å². The molecular weight excluding hydrogens is 362 g/mol. The van der Waals surface area contributed by atoms with E-state index in [0.29, 0.717) is 24.3 Å². The van der Waals surface area contributed by atoms with Crippen LogP contribution in [-0.2, 0) is 4.79 Å². The lowest BCUT2D eigenvalue weighted by Crippen LogP contribution is -2.54. The number of nitrogens with zero attached hydrogens (tertiary/aromatic N) is 4. The number of aliphatic imine (C=N–C) groups is 1. The summed E-state index contributed by atoms with van der Waals surface area (Å²) in [5, 5.41) is 3.47. The van der Waals surface area contributed by atoms with Crippen LogP contribution in [0.2, 0.25) is 0 Å². The van der Waals surface area contributed by atoms with Crippen molar-refractivity contribution in [2.24, 2.45) is 10.9 Å². The lowest BCUT2D eigenvalue weighted by Gasteiger charge is -2.36. The largest absolute Gasteiger partial charge is 0.357 e. The standard InChI is InChI=1S/C23H35N5O/c1-2-24-23(25-17-20-16-21(20)19-8-4-3-5-9-19)28-14-12-26(13-15-28)18-22(29)27-10-6-7-11-27/h3-5,8-9,20-21H,2,6-7,10-18H2,1H3,(H,24,25). The van der Waals surface area contributed by atoms with Crippen molar-refractivity contribution in [3.05, 3.63) is 35.9 Å². The van der Waals surface area contributed by atoms with Crippen LogP contribution >= 0.6 is 0 Å². The highest BCUT2D eigenvalue weighted by molar-refractivity contribution is 5.80. The minimum Gasteiger partial charge on any atom is -0.357 e. The quantitative estimate of drug-likeness (QED) is 0.589. The normalized spacial score (nSPS) is 25.3. The first kappa shape index (κ1) is 20.2. The van der Waals surface area contributed by atoms with Crippen molar-refractivity contribution < 1.29 is 4.79 Å². The Kier molecular flexibility index (Phi) is 6.70. The van der Waals surface area contributed by atoms with Crippen LogP contribution in [0.5, 0.6) is 0 Å². The highest BCUT2D eigenvalue weighted by Gasteiger charge is 2.38. The van der Waals surface area contributed by atoms with E-state index in [0.717, 1.165) is 71.2 Å². The third kappa shape index (κ3) is 5.30. The Balaban J connectivity index is 1.25. The van der Waals surface area contributed by atoms with Crippen LogP contribution in [0.1, 0.15) is 37.7 Å². The Hall–Kier alpha value is -2.08. The molecule has 1 saturated carbocycles. The van der Waals surface area contributed by atoms with Crippen LogP contribution in [0.15, 0.2) is 35.3 Å². The number of carbonyl (C=O) groups excluding carboxylic acids is 1. The summed E-state index contributed by atoms with van der Waals surface area (Å²) in [6.07, 6.45) is 3.57. The van der Waals surface area contributed by atoms with Gasteiger partial charge in [-0.05, 0) is 43.6 Å². The summed E-state index contributed by atoms with van der Waals surface area (Å²) in [5.41, 5.74) is 1.45. The zero-order valence-corrected chi connectivity index (χ0v) is 17.7. The van der Waals surface area contributed by atoms with E-state index in [1.807, 2.05) is 4.90 Å². The molecule has 158 valence electrons. The third-order valence-corrected chi connectivity index (χ3v) is 6.45. The van der Waals surface area contributed by atoms with Gasteiger partial charge in [-0.2, -0.15) is 0 Å². The fraction of sp³-hybridized carbons (Fsp3) is 0.652. The second kappa shape index (κ2) is 9.61. The molecule has 1 N–H and O–H groups in total. The summed E-state index contributed by atoms with van der Waals surface area (Å²) >= 11 is 0. The second-order valence-electron chi connectivity index (χ2n) is 8.56. The van der Waals surface area contributed by atoms with Crippen LogP contribution in [0, 0.1) is 5.92 Å². The Morgan fingerprint density at radius 1 is 1.03 bits per heavy atom. The maximum atomic E-state index is 12.4. The van der Waals surface area contributed by atoms with E-state index in [2.05, 4.69) is 52.4 Å². The van der Waals surface area contributed by atoms with Crippen LogP contribution in [-0.4, -0.2) is 85.5 Å². The van der Waals surface area contributed by atoms with Gasteiger partial charge in [-0.1, -0.05) is 30.3 Å². The average molecular weight is 398 g/mol. The number of nitrogens with one attached hydrogen (secondary N) is 1. The summed E-state index contributed by atoms with van der Waals surface area (Å²) in [7, 11) is 0. The molecule has 1 aliphatic carbocycles. The van der Waals surface area contributed by atoms with E-state index in [1.165, 1.54) is 12.0 Å². The van der Waals surface area contributed by atoms with Gasteiger partial charge in [0.25, 0.3) is 0 Å². The molecule has 0 bridgehead atoms. The molecule has 1 amide bonds. The van der Waals surface area contributed by atoms with Gasteiger partial charge in [0.2, 0.25) is 5.91 Å². The van der Waals surface area contributed by atoms with Crippen molar-refractivity contribution >= 4 is 11.9 Å². The molecule has 6 nitrogen and oxygen atoms in total. The summed E-state index contributed by atoms with van der Waals surface area (Å²) < 4.78 is 0. The van der Waals surface area contributed by atoms with E-state index < -0.39 is 0 Å². The number of benzene rings is 1. The maximum absolute atomic E-state index is 12.4.